The molecule has 0 heterocycles. The lowest BCUT2D eigenvalue weighted by atomic mass is 10.2. The smallest absolute Gasteiger partial charge is 0.338 e. The Morgan fingerprint density at radius 1 is 1.19 bits per heavy atom. The average Bonchev–Trinajstić information content (AvgIpc) is 2.50. The number of sulfone groups is 1. The van der Waals surface area contributed by atoms with Crippen LogP contribution in [0, 0.1) is 10.1 Å². The number of carbonyl (C=O) groups excluding carboxylic acids is 2. The van der Waals surface area contributed by atoms with Gasteiger partial charge in [-0.1, -0.05) is 0 Å². The van der Waals surface area contributed by atoms with Gasteiger partial charge in [0.25, 0.3) is 11.6 Å². The van der Waals surface area contributed by atoms with Crippen molar-refractivity contribution in [3.05, 3.63) is 33.9 Å². The highest BCUT2D eigenvalue weighted by Crippen LogP contribution is 2.25. The molecule has 0 bridgehead atoms. The van der Waals surface area contributed by atoms with Gasteiger partial charge in [-0.15, -0.1) is 0 Å². The van der Waals surface area contributed by atoms with Crippen molar-refractivity contribution in [3.8, 4) is 0 Å². The second kappa shape index (κ2) is 8.26. The van der Waals surface area contributed by atoms with Crippen LogP contribution >= 0.6 is 0 Å². The number of hydrogen-bond acceptors (Lipinski definition) is 7. The van der Waals surface area contributed by atoms with Gasteiger partial charge in [0, 0.05) is 24.4 Å². The number of ether oxygens (including phenoxy) is 1. The van der Waals surface area contributed by atoms with Gasteiger partial charge in [0.1, 0.15) is 4.90 Å². The van der Waals surface area contributed by atoms with Crippen LogP contribution in [0.3, 0.4) is 0 Å². The fraction of sp³-hybridized carbons (Fsp3) is 0.500. The number of esters is 1. The zero-order valence-electron chi connectivity index (χ0n) is 15.3. The largest absolute Gasteiger partial charge is 0.452 e. The molecule has 0 atom stereocenters. The summed E-state index contributed by atoms with van der Waals surface area (Å²) in [4.78, 5) is 35.5. The third-order valence-corrected chi connectivity index (χ3v) is 4.66. The van der Waals surface area contributed by atoms with Crippen molar-refractivity contribution in [2.75, 3.05) is 12.9 Å². The van der Waals surface area contributed by atoms with Crippen LogP contribution in [-0.4, -0.2) is 55.1 Å². The predicted molar refractivity (Wildman–Crippen MR) is 93.6 cm³/mol. The van der Waals surface area contributed by atoms with Gasteiger partial charge in [-0.25, -0.2) is 13.2 Å². The highest BCUT2D eigenvalue weighted by Gasteiger charge is 2.26. The summed E-state index contributed by atoms with van der Waals surface area (Å²) in [5, 5.41) is 11.1. The minimum Gasteiger partial charge on any atom is -0.452 e. The van der Waals surface area contributed by atoms with E-state index in [0.29, 0.717) is 0 Å². The molecular weight excluding hydrogens is 364 g/mol. The van der Waals surface area contributed by atoms with Crippen LogP contribution in [0.2, 0.25) is 0 Å². The molecule has 0 fully saturated rings. The van der Waals surface area contributed by atoms with Crippen molar-refractivity contribution in [2.24, 2.45) is 0 Å². The lowest BCUT2D eigenvalue weighted by molar-refractivity contribution is -0.387. The van der Waals surface area contributed by atoms with Crippen LogP contribution in [0.15, 0.2) is 23.1 Å². The van der Waals surface area contributed by atoms with Crippen molar-refractivity contribution in [1.82, 2.24) is 4.90 Å². The van der Waals surface area contributed by atoms with Crippen LogP contribution in [0.1, 0.15) is 38.1 Å². The zero-order valence-corrected chi connectivity index (χ0v) is 16.1. The Kier molecular flexibility index (Phi) is 6.85. The van der Waals surface area contributed by atoms with E-state index in [2.05, 4.69) is 0 Å². The van der Waals surface area contributed by atoms with Crippen molar-refractivity contribution >= 4 is 27.4 Å². The molecular formula is C16H22N2O7S. The minimum atomic E-state index is -3.83. The van der Waals surface area contributed by atoms with E-state index in [1.807, 2.05) is 27.7 Å². The molecule has 10 heteroatoms. The number of benzene rings is 1. The number of nitrogens with zero attached hydrogens (tertiary/aromatic N) is 2. The number of nitro benzene ring substituents is 1. The first-order valence-electron chi connectivity index (χ1n) is 7.83. The van der Waals surface area contributed by atoms with Crippen LogP contribution in [0.5, 0.6) is 0 Å². The van der Waals surface area contributed by atoms with Gasteiger partial charge in [0.05, 0.1) is 10.5 Å². The molecule has 1 aromatic rings. The molecule has 9 nitrogen and oxygen atoms in total. The maximum atomic E-state index is 12.2. The van der Waals surface area contributed by atoms with Crippen molar-refractivity contribution < 1.29 is 27.7 Å². The molecule has 0 aliphatic rings. The first-order valence-corrected chi connectivity index (χ1v) is 9.72. The predicted octanol–water partition coefficient (Wildman–Crippen LogP) is 1.80. The SMILES string of the molecule is CC(C)N(C(=O)COC(=O)c1ccc(S(C)(=O)=O)c([N+](=O)[O-])c1)C(C)C. The minimum absolute atomic E-state index is 0.0867. The molecule has 26 heavy (non-hydrogen) atoms. The lowest BCUT2D eigenvalue weighted by Crippen LogP contribution is -2.44. The van der Waals surface area contributed by atoms with Gasteiger partial charge < -0.3 is 9.64 Å². The van der Waals surface area contributed by atoms with E-state index in [1.54, 1.807) is 4.90 Å². The molecule has 144 valence electrons. The topological polar surface area (TPSA) is 124 Å². The van der Waals surface area contributed by atoms with Gasteiger partial charge >= 0.3 is 5.97 Å². The average molecular weight is 386 g/mol. The summed E-state index contributed by atoms with van der Waals surface area (Å²) in [7, 11) is -3.83. The monoisotopic (exact) mass is 386 g/mol. The first-order chi connectivity index (χ1) is 11.9. The fourth-order valence-electron chi connectivity index (χ4n) is 2.56. The molecule has 1 rings (SSSR count). The molecule has 0 N–H and O–H groups in total. The maximum absolute atomic E-state index is 12.2. The number of hydrogen-bond donors (Lipinski definition) is 0. The quantitative estimate of drug-likeness (QED) is 0.397. The first kappa shape index (κ1) is 21.6. The molecule has 0 saturated heterocycles. The number of rotatable bonds is 7. The standard InChI is InChI=1S/C16H22N2O7S/c1-10(2)17(11(3)4)15(19)9-25-16(20)12-6-7-14(26(5,23)24)13(8-12)18(21)22/h6-8,10-11H,9H2,1-5H3. The summed E-state index contributed by atoms with van der Waals surface area (Å²) in [6.45, 7) is 6.79. The Bertz CT molecular complexity index is 808. The molecule has 0 unspecified atom stereocenters. The van der Waals surface area contributed by atoms with Crippen LogP contribution in [0.25, 0.3) is 0 Å². The molecule has 0 saturated carbocycles. The molecule has 0 aliphatic heterocycles. The van der Waals surface area contributed by atoms with Gasteiger partial charge in [0.15, 0.2) is 16.4 Å². The summed E-state index contributed by atoms with van der Waals surface area (Å²) < 4.78 is 28.1. The second-order valence-electron chi connectivity index (χ2n) is 6.28. The lowest BCUT2D eigenvalue weighted by Gasteiger charge is -2.30. The van der Waals surface area contributed by atoms with Crippen molar-refractivity contribution in [2.45, 2.75) is 44.7 Å². The number of carbonyl (C=O) groups is 2. The van der Waals surface area contributed by atoms with Crippen LogP contribution < -0.4 is 0 Å². The van der Waals surface area contributed by atoms with Crippen molar-refractivity contribution in [3.63, 3.8) is 0 Å². The Labute approximate surface area is 152 Å². The molecule has 0 aromatic heterocycles. The van der Waals surface area contributed by atoms with E-state index >= 15 is 0 Å². The summed E-state index contributed by atoms with van der Waals surface area (Å²) in [6.07, 6.45) is 0.832. The highest BCUT2D eigenvalue weighted by molar-refractivity contribution is 7.90. The van der Waals surface area contributed by atoms with E-state index < -0.39 is 43.8 Å². The Balaban J connectivity index is 3.00. The van der Waals surface area contributed by atoms with E-state index in [-0.39, 0.29) is 17.6 Å². The molecule has 0 aliphatic carbocycles. The summed E-state index contributed by atoms with van der Waals surface area (Å²) in [5.74, 6) is -1.35. The van der Waals surface area contributed by atoms with Crippen LogP contribution in [0.4, 0.5) is 5.69 Å². The Morgan fingerprint density at radius 3 is 2.15 bits per heavy atom. The van der Waals surface area contributed by atoms with Crippen LogP contribution in [-0.2, 0) is 19.4 Å². The van der Waals surface area contributed by atoms with Gasteiger partial charge in [-0.3, -0.25) is 14.9 Å². The zero-order chi connectivity index (χ0) is 20.2. The normalized spacial score (nSPS) is 11.5. The summed E-state index contributed by atoms with van der Waals surface area (Å²) in [5.41, 5.74) is -0.934. The molecule has 0 spiro atoms. The summed E-state index contributed by atoms with van der Waals surface area (Å²) in [6, 6.07) is 2.73. The highest BCUT2D eigenvalue weighted by atomic mass is 32.2. The van der Waals surface area contributed by atoms with E-state index in [4.69, 9.17) is 4.74 Å². The van der Waals surface area contributed by atoms with Gasteiger partial charge in [0.2, 0.25) is 0 Å². The van der Waals surface area contributed by atoms with Gasteiger partial charge in [-0.2, -0.15) is 0 Å². The summed E-state index contributed by atoms with van der Waals surface area (Å²) >= 11 is 0. The third-order valence-electron chi connectivity index (χ3n) is 3.52. The third kappa shape index (κ3) is 5.25. The molecule has 1 amide bonds. The fourth-order valence-corrected chi connectivity index (χ4v) is 3.39. The molecule has 0 radical (unpaired) electrons. The van der Waals surface area contributed by atoms with Crippen molar-refractivity contribution in [1.29, 1.82) is 0 Å². The van der Waals surface area contributed by atoms with E-state index in [1.165, 1.54) is 0 Å². The van der Waals surface area contributed by atoms with E-state index in [9.17, 15) is 28.1 Å². The van der Waals surface area contributed by atoms with Gasteiger partial charge in [-0.05, 0) is 39.8 Å². The maximum Gasteiger partial charge on any atom is 0.338 e. The number of nitro groups is 1. The second-order valence-corrected chi connectivity index (χ2v) is 8.26. The number of amides is 1. The van der Waals surface area contributed by atoms with E-state index in [0.717, 1.165) is 24.5 Å². The molecule has 1 aromatic carbocycles. The Hall–Kier alpha value is -2.49. The Morgan fingerprint density at radius 2 is 1.73 bits per heavy atom.